The molecular formula is C13H18N2S. The van der Waals surface area contributed by atoms with Gasteiger partial charge in [-0.05, 0) is 31.5 Å². The highest BCUT2D eigenvalue weighted by molar-refractivity contribution is 7.79. The first kappa shape index (κ1) is 11.6. The van der Waals surface area contributed by atoms with E-state index in [4.69, 9.17) is 5.73 Å². The minimum absolute atomic E-state index is 0.452. The highest BCUT2D eigenvalue weighted by atomic mass is 32.1. The van der Waals surface area contributed by atoms with E-state index in [0.717, 1.165) is 5.75 Å². The smallest absolute Gasteiger partial charge is 0.0488 e. The van der Waals surface area contributed by atoms with Gasteiger partial charge in [0.2, 0.25) is 0 Å². The van der Waals surface area contributed by atoms with Crippen LogP contribution in [-0.2, 0) is 12.3 Å². The van der Waals surface area contributed by atoms with E-state index in [0.29, 0.717) is 12.6 Å². The normalized spacial score (nSPS) is 11.6. The maximum atomic E-state index is 5.76. The molecule has 0 radical (unpaired) electrons. The lowest BCUT2D eigenvalue weighted by atomic mass is 10.1. The number of thiol groups is 1. The molecule has 0 atom stereocenters. The van der Waals surface area contributed by atoms with Gasteiger partial charge in [-0.25, -0.2) is 0 Å². The van der Waals surface area contributed by atoms with Gasteiger partial charge in [-0.2, -0.15) is 12.6 Å². The van der Waals surface area contributed by atoms with Crippen molar-refractivity contribution in [2.24, 2.45) is 5.73 Å². The SMILES string of the molecule is CC(C)n1c(CS)cc2c(CN)cccc21. The van der Waals surface area contributed by atoms with Crippen LogP contribution in [0.4, 0.5) is 0 Å². The Morgan fingerprint density at radius 3 is 2.69 bits per heavy atom. The van der Waals surface area contributed by atoms with Crippen LogP contribution in [0.2, 0.25) is 0 Å². The molecule has 1 aromatic carbocycles. The average molecular weight is 234 g/mol. The summed E-state index contributed by atoms with van der Waals surface area (Å²) in [5, 5.41) is 1.27. The predicted octanol–water partition coefficient (Wildman–Crippen LogP) is 3.11. The van der Waals surface area contributed by atoms with Crippen molar-refractivity contribution in [1.82, 2.24) is 4.57 Å². The topological polar surface area (TPSA) is 30.9 Å². The van der Waals surface area contributed by atoms with E-state index in [9.17, 15) is 0 Å². The highest BCUT2D eigenvalue weighted by Crippen LogP contribution is 2.27. The molecule has 2 aromatic rings. The molecule has 0 bridgehead atoms. The van der Waals surface area contributed by atoms with Crippen LogP contribution in [0.25, 0.3) is 10.9 Å². The Morgan fingerprint density at radius 1 is 1.38 bits per heavy atom. The van der Waals surface area contributed by atoms with Crippen molar-refractivity contribution in [3.63, 3.8) is 0 Å². The van der Waals surface area contributed by atoms with Crippen LogP contribution in [0.5, 0.6) is 0 Å². The van der Waals surface area contributed by atoms with Crippen molar-refractivity contribution in [3.05, 3.63) is 35.5 Å². The largest absolute Gasteiger partial charge is 0.341 e. The molecule has 0 aliphatic heterocycles. The Hall–Kier alpha value is -0.930. The molecule has 0 saturated heterocycles. The number of nitrogens with zero attached hydrogens (tertiary/aromatic N) is 1. The molecule has 0 saturated carbocycles. The van der Waals surface area contributed by atoms with Crippen LogP contribution < -0.4 is 5.73 Å². The number of fused-ring (bicyclic) bond motifs is 1. The Balaban J connectivity index is 2.77. The minimum Gasteiger partial charge on any atom is -0.341 e. The summed E-state index contributed by atoms with van der Waals surface area (Å²) < 4.78 is 2.33. The van der Waals surface area contributed by atoms with Crippen molar-refractivity contribution in [3.8, 4) is 0 Å². The molecule has 2 N–H and O–H groups in total. The monoisotopic (exact) mass is 234 g/mol. The van der Waals surface area contributed by atoms with Crippen LogP contribution in [-0.4, -0.2) is 4.57 Å². The molecule has 0 aliphatic rings. The molecule has 0 aliphatic carbocycles. The summed E-state index contributed by atoms with van der Waals surface area (Å²) in [6, 6.07) is 8.99. The zero-order valence-electron chi connectivity index (χ0n) is 9.77. The molecule has 16 heavy (non-hydrogen) atoms. The van der Waals surface area contributed by atoms with E-state index in [1.54, 1.807) is 0 Å². The van der Waals surface area contributed by atoms with E-state index in [1.807, 2.05) is 0 Å². The van der Waals surface area contributed by atoms with E-state index in [1.165, 1.54) is 22.2 Å². The van der Waals surface area contributed by atoms with Gasteiger partial charge in [-0.1, -0.05) is 12.1 Å². The Morgan fingerprint density at radius 2 is 2.12 bits per heavy atom. The zero-order valence-corrected chi connectivity index (χ0v) is 10.7. The van der Waals surface area contributed by atoms with Gasteiger partial charge in [0.15, 0.2) is 0 Å². The van der Waals surface area contributed by atoms with E-state index in [-0.39, 0.29) is 0 Å². The minimum atomic E-state index is 0.452. The molecule has 3 heteroatoms. The summed E-state index contributed by atoms with van der Waals surface area (Å²) in [7, 11) is 0. The Kier molecular flexibility index (Phi) is 3.26. The standard InChI is InChI=1S/C13H18N2S/c1-9(2)15-11(8-16)6-12-10(7-14)4-3-5-13(12)15/h3-6,9,16H,7-8,14H2,1-2H3. The van der Waals surface area contributed by atoms with Gasteiger partial charge in [0.1, 0.15) is 0 Å². The quantitative estimate of drug-likeness (QED) is 0.786. The first-order valence-corrected chi connectivity index (χ1v) is 6.25. The molecule has 0 amide bonds. The third kappa shape index (κ3) is 1.74. The second-order valence-corrected chi connectivity index (χ2v) is 4.63. The van der Waals surface area contributed by atoms with E-state index < -0.39 is 0 Å². The van der Waals surface area contributed by atoms with Gasteiger partial charge >= 0.3 is 0 Å². The van der Waals surface area contributed by atoms with E-state index in [2.05, 4.69) is 55.3 Å². The fraction of sp³-hybridized carbons (Fsp3) is 0.385. The summed E-state index contributed by atoms with van der Waals surface area (Å²) >= 11 is 4.40. The van der Waals surface area contributed by atoms with Crippen LogP contribution in [0.3, 0.4) is 0 Å². The second-order valence-electron chi connectivity index (χ2n) is 4.31. The fourth-order valence-corrected chi connectivity index (χ4v) is 2.52. The number of benzene rings is 1. The van der Waals surface area contributed by atoms with Gasteiger partial charge < -0.3 is 10.3 Å². The molecular weight excluding hydrogens is 216 g/mol. The van der Waals surface area contributed by atoms with Gasteiger partial charge in [0.25, 0.3) is 0 Å². The third-order valence-corrected chi connectivity index (χ3v) is 3.28. The molecule has 1 heterocycles. The van der Waals surface area contributed by atoms with Crippen LogP contribution >= 0.6 is 12.6 Å². The number of hydrogen-bond donors (Lipinski definition) is 2. The molecule has 0 fully saturated rings. The molecule has 0 unspecified atom stereocenters. The summed E-state index contributed by atoms with van der Waals surface area (Å²) in [5.74, 6) is 0.761. The van der Waals surface area contributed by atoms with Crippen molar-refractivity contribution in [2.45, 2.75) is 32.2 Å². The number of rotatable bonds is 3. The third-order valence-electron chi connectivity index (χ3n) is 2.95. The van der Waals surface area contributed by atoms with Crippen molar-refractivity contribution in [2.75, 3.05) is 0 Å². The van der Waals surface area contributed by atoms with Crippen LogP contribution in [0, 0.1) is 0 Å². The molecule has 2 rings (SSSR count). The highest BCUT2D eigenvalue weighted by Gasteiger charge is 2.11. The van der Waals surface area contributed by atoms with Crippen molar-refractivity contribution in [1.29, 1.82) is 0 Å². The lowest BCUT2D eigenvalue weighted by Gasteiger charge is -2.13. The van der Waals surface area contributed by atoms with Crippen LogP contribution in [0.1, 0.15) is 31.1 Å². The van der Waals surface area contributed by atoms with E-state index >= 15 is 0 Å². The first-order chi connectivity index (χ1) is 7.69. The lowest BCUT2D eigenvalue weighted by molar-refractivity contribution is 0.606. The predicted molar refractivity (Wildman–Crippen MR) is 72.9 cm³/mol. The lowest BCUT2D eigenvalue weighted by Crippen LogP contribution is -2.04. The molecule has 2 nitrogen and oxygen atoms in total. The molecule has 86 valence electrons. The summed E-state index contributed by atoms with van der Waals surface area (Å²) in [5.41, 5.74) is 9.50. The van der Waals surface area contributed by atoms with Gasteiger partial charge in [0.05, 0.1) is 0 Å². The second kappa shape index (κ2) is 4.52. The number of aromatic nitrogens is 1. The zero-order chi connectivity index (χ0) is 11.7. The Labute approximate surface area is 102 Å². The maximum absolute atomic E-state index is 5.76. The summed E-state index contributed by atoms with van der Waals surface area (Å²) in [6.07, 6.45) is 0. The fourth-order valence-electron chi connectivity index (χ4n) is 2.28. The number of nitrogens with two attached hydrogens (primary N) is 1. The van der Waals surface area contributed by atoms with Gasteiger partial charge in [-0.15, -0.1) is 0 Å². The first-order valence-electron chi connectivity index (χ1n) is 5.61. The Bertz CT molecular complexity index is 500. The summed E-state index contributed by atoms with van der Waals surface area (Å²) in [4.78, 5) is 0. The molecule has 1 aromatic heterocycles. The van der Waals surface area contributed by atoms with Crippen LogP contribution in [0.15, 0.2) is 24.3 Å². The molecule has 0 spiro atoms. The average Bonchev–Trinajstić information content (AvgIpc) is 2.66. The van der Waals surface area contributed by atoms with Gasteiger partial charge in [0, 0.05) is 34.9 Å². The van der Waals surface area contributed by atoms with Gasteiger partial charge in [-0.3, -0.25) is 0 Å². The van der Waals surface area contributed by atoms with Crippen molar-refractivity contribution >= 4 is 23.5 Å². The summed E-state index contributed by atoms with van der Waals surface area (Å²) in [6.45, 7) is 4.98. The number of hydrogen-bond acceptors (Lipinski definition) is 2. The maximum Gasteiger partial charge on any atom is 0.0488 e. The van der Waals surface area contributed by atoms with Crippen molar-refractivity contribution < 1.29 is 0 Å².